The molecule has 94 valence electrons. The summed E-state index contributed by atoms with van der Waals surface area (Å²) in [6.45, 7) is 9.70. The van der Waals surface area contributed by atoms with Crippen molar-refractivity contribution in [3.05, 3.63) is 0 Å². The van der Waals surface area contributed by atoms with Gasteiger partial charge in [-0.2, -0.15) is 0 Å². The number of hydrogen-bond donors (Lipinski definition) is 2. The normalized spacial score (nSPS) is 16.3. The lowest BCUT2D eigenvalue weighted by Crippen LogP contribution is -2.38. The van der Waals surface area contributed by atoms with Gasteiger partial charge in [0.2, 0.25) is 0 Å². The molecule has 2 amide bonds. The lowest BCUT2D eigenvalue weighted by Gasteiger charge is -2.21. The minimum absolute atomic E-state index is 0.0705. The maximum absolute atomic E-state index is 11.2. The Balaban J connectivity index is 1.97. The van der Waals surface area contributed by atoms with E-state index in [1.807, 2.05) is 4.90 Å². The average molecular weight is 228 g/mol. The zero-order chi connectivity index (χ0) is 12.0. The van der Waals surface area contributed by atoms with Gasteiger partial charge < -0.3 is 20.4 Å². The van der Waals surface area contributed by atoms with Crippen molar-refractivity contribution in [2.24, 2.45) is 0 Å². The van der Waals surface area contributed by atoms with Crippen LogP contribution in [0.2, 0.25) is 0 Å². The number of likely N-dealkylation sites (N-methyl/N-ethyl adjacent to an activating group) is 1. The Kier molecular flexibility index (Phi) is 5.55. The number of rotatable bonds is 7. The van der Waals surface area contributed by atoms with E-state index in [1.54, 1.807) is 0 Å². The first kappa shape index (κ1) is 13.3. The highest BCUT2D eigenvalue weighted by Gasteiger charge is 2.17. The predicted molar refractivity (Wildman–Crippen MR) is 65.6 cm³/mol. The first-order valence-corrected chi connectivity index (χ1v) is 6.05. The summed E-state index contributed by atoms with van der Waals surface area (Å²) in [5.74, 6) is 0. The van der Waals surface area contributed by atoms with Crippen molar-refractivity contribution in [1.82, 2.24) is 20.4 Å². The SMILES string of the molecule is CC(C)N(C)CCNCCN1CCNC1=O. The molecule has 5 heteroatoms. The molecule has 0 aromatic rings. The van der Waals surface area contributed by atoms with Gasteiger partial charge in [-0.1, -0.05) is 0 Å². The monoisotopic (exact) mass is 228 g/mol. The van der Waals surface area contributed by atoms with Gasteiger partial charge in [-0.3, -0.25) is 0 Å². The number of nitrogens with zero attached hydrogens (tertiary/aromatic N) is 2. The number of amides is 2. The number of carbonyl (C=O) groups is 1. The standard InChI is InChI=1S/C11H24N4O/c1-10(2)14(3)7-4-12-5-8-15-9-6-13-11(15)16/h10,12H,4-9H2,1-3H3,(H,13,16). The topological polar surface area (TPSA) is 47.6 Å². The van der Waals surface area contributed by atoms with Crippen LogP contribution in [0.15, 0.2) is 0 Å². The Morgan fingerprint density at radius 3 is 2.81 bits per heavy atom. The third-order valence-electron chi connectivity index (χ3n) is 3.03. The molecule has 1 aliphatic heterocycles. The molecule has 0 aromatic carbocycles. The predicted octanol–water partition coefficient (Wildman–Crippen LogP) is -0.0586. The molecule has 1 fully saturated rings. The van der Waals surface area contributed by atoms with Gasteiger partial charge in [0.1, 0.15) is 0 Å². The van der Waals surface area contributed by atoms with Gasteiger partial charge in [-0.25, -0.2) is 4.79 Å². The molecule has 1 rings (SSSR count). The van der Waals surface area contributed by atoms with Crippen molar-refractivity contribution >= 4 is 6.03 Å². The smallest absolute Gasteiger partial charge is 0.317 e. The van der Waals surface area contributed by atoms with Crippen LogP contribution in [0, 0.1) is 0 Å². The molecule has 1 heterocycles. The van der Waals surface area contributed by atoms with Gasteiger partial charge in [0.25, 0.3) is 0 Å². The van der Waals surface area contributed by atoms with Crippen LogP contribution in [0.3, 0.4) is 0 Å². The quantitative estimate of drug-likeness (QED) is 0.600. The van der Waals surface area contributed by atoms with E-state index in [2.05, 4.69) is 36.4 Å². The Morgan fingerprint density at radius 1 is 1.50 bits per heavy atom. The maximum Gasteiger partial charge on any atom is 0.317 e. The Labute approximate surface area is 98.2 Å². The summed E-state index contributed by atoms with van der Waals surface area (Å²) in [5, 5.41) is 6.15. The van der Waals surface area contributed by atoms with Crippen LogP contribution in [-0.2, 0) is 0 Å². The van der Waals surface area contributed by atoms with Crippen molar-refractivity contribution in [1.29, 1.82) is 0 Å². The highest BCUT2D eigenvalue weighted by Crippen LogP contribution is 1.94. The molecule has 1 saturated heterocycles. The molecular formula is C11H24N4O. The van der Waals surface area contributed by atoms with Crippen molar-refractivity contribution in [3.63, 3.8) is 0 Å². The van der Waals surface area contributed by atoms with Gasteiger partial charge in [0.15, 0.2) is 0 Å². The fourth-order valence-corrected chi connectivity index (χ4v) is 1.58. The summed E-state index contributed by atoms with van der Waals surface area (Å²) in [7, 11) is 2.13. The van der Waals surface area contributed by atoms with Gasteiger partial charge in [0, 0.05) is 45.3 Å². The van der Waals surface area contributed by atoms with E-state index >= 15 is 0 Å². The average Bonchev–Trinajstić information content (AvgIpc) is 2.63. The van der Waals surface area contributed by atoms with Crippen LogP contribution >= 0.6 is 0 Å². The lowest BCUT2D eigenvalue weighted by molar-refractivity contribution is 0.217. The molecule has 0 aliphatic carbocycles. The minimum atomic E-state index is 0.0705. The largest absolute Gasteiger partial charge is 0.336 e. The lowest BCUT2D eigenvalue weighted by atomic mass is 10.3. The maximum atomic E-state index is 11.2. The molecule has 0 atom stereocenters. The molecule has 0 bridgehead atoms. The van der Waals surface area contributed by atoms with Gasteiger partial charge in [-0.15, -0.1) is 0 Å². The van der Waals surface area contributed by atoms with E-state index in [0.29, 0.717) is 6.04 Å². The molecular weight excluding hydrogens is 204 g/mol. The summed E-state index contributed by atoms with van der Waals surface area (Å²) in [5.41, 5.74) is 0. The van der Waals surface area contributed by atoms with Crippen molar-refractivity contribution in [2.45, 2.75) is 19.9 Å². The summed E-state index contributed by atoms with van der Waals surface area (Å²) in [6.07, 6.45) is 0. The molecule has 5 nitrogen and oxygen atoms in total. The molecule has 2 N–H and O–H groups in total. The summed E-state index contributed by atoms with van der Waals surface area (Å²) >= 11 is 0. The van der Waals surface area contributed by atoms with E-state index in [4.69, 9.17) is 0 Å². The second-order valence-electron chi connectivity index (χ2n) is 4.54. The second kappa shape index (κ2) is 6.70. The Morgan fingerprint density at radius 2 is 2.25 bits per heavy atom. The van der Waals surface area contributed by atoms with Gasteiger partial charge in [0.05, 0.1) is 0 Å². The van der Waals surface area contributed by atoms with Crippen LogP contribution in [0.4, 0.5) is 4.79 Å². The van der Waals surface area contributed by atoms with Crippen molar-refractivity contribution in [3.8, 4) is 0 Å². The van der Waals surface area contributed by atoms with E-state index in [9.17, 15) is 4.79 Å². The van der Waals surface area contributed by atoms with E-state index in [-0.39, 0.29) is 6.03 Å². The van der Waals surface area contributed by atoms with Crippen LogP contribution in [0.25, 0.3) is 0 Å². The molecule has 0 radical (unpaired) electrons. The highest BCUT2D eigenvalue weighted by molar-refractivity contribution is 5.76. The molecule has 1 aliphatic rings. The summed E-state index contributed by atoms with van der Waals surface area (Å²) in [4.78, 5) is 15.4. The van der Waals surface area contributed by atoms with Crippen molar-refractivity contribution < 1.29 is 4.79 Å². The van der Waals surface area contributed by atoms with E-state index in [0.717, 1.165) is 39.3 Å². The molecule has 0 unspecified atom stereocenters. The van der Waals surface area contributed by atoms with Crippen LogP contribution in [0.5, 0.6) is 0 Å². The third-order valence-corrected chi connectivity index (χ3v) is 3.03. The molecule has 16 heavy (non-hydrogen) atoms. The fraction of sp³-hybridized carbons (Fsp3) is 0.909. The van der Waals surface area contributed by atoms with E-state index < -0.39 is 0 Å². The number of urea groups is 1. The fourth-order valence-electron chi connectivity index (χ4n) is 1.58. The Bertz CT molecular complexity index is 220. The van der Waals surface area contributed by atoms with Gasteiger partial charge in [-0.05, 0) is 20.9 Å². The molecule has 0 spiro atoms. The molecule has 0 aromatic heterocycles. The summed E-state index contributed by atoms with van der Waals surface area (Å²) in [6, 6.07) is 0.659. The van der Waals surface area contributed by atoms with Crippen LogP contribution in [-0.4, -0.2) is 68.2 Å². The minimum Gasteiger partial charge on any atom is -0.336 e. The molecule has 0 saturated carbocycles. The van der Waals surface area contributed by atoms with Crippen LogP contribution in [0.1, 0.15) is 13.8 Å². The van der Waals surface area contributed by atoms with Crippen molar-refractivity contribution in [2.75, 3.05) is 46.3 Å². The first-order valence-electron chi connectivity index (χ1n) is 6.05. The van der Waals surface area contributed by atoms with E-state index in [1.165, 1.54) is 0 Å². The first-order chi connectivity index (χ1) is 7.61. The second-order valence-corrected chi connectivity index (χ2v) is 4.54. The van der Waals surface area contributed by atoms with Gasteiger partial charge >= 0.3 is 6.03 Å². The van der Waals surface area contributed by atoms with Crippen LogP contribution < -0.4 is 10.6 Å². The Hall–Kier alpha value is -0.810. The zero-order valence-electron chi connectivity index (χ0n) is 10.6. The number of nitrogens with one attached hydrogen (secondary N) is 2. The third kappa shape index (κ3) is 4.37. The number of carbonyl (C=O) groups excluding carboxylic acids is 1. The zero-order valence-corrected chi connectivity index (χ0v) is 10.6. The number of hydrogen-bond acceptors (Lipinski definition) is 3. The highest BCUT2D eigenvalue weighted by atomic mass is 16.2. The summed E-state index contributed by atoms with van der Waals surface area (Å²) < 4.78 is 0.